The van der Waals surface area contributed by atoms with E-state index in [0.29, 0.717) is 18.2 Å². The first-order valence-corrected chi connectivity index (χ1v) is 11.3. The van der Waals surface area contributed by atoms with Crippen molar-refractivity contribution in [1.82, 2.24) is 29.5 Å². The molecule has 1 amide bonds. The van der Waals surface area contributed by atoms with Gasteiger partial charge >= 0.3 is 0 Å². The largest absolute Gasteiger partial charge is 0.454 e. The molecular formula is C23H30N6O3. The average Bonchev–Trinajstić information content (AvgIpc) is 3.56. The van der Waals surface area contributed by atoms with Crippen LogP contribution < -0.4 is 0 Å². The first-order chi connectivity index (χ1) is 15.4. The minimum absolute atomic E-state index is 0.0284. The minimum atomic E-state index is -0.0284. The number of furan rings is 1. The molecule has 1 spiro atoms. The van der Waals surface area contributed by atoms with Crippen molar-refractivity contribution in [2.45, 2.75) is 51.6 Å². The number of carbonyl (C=O) groups is 1. The van der Waals surface area contributed by atoms with E-state index in [1.165, 1.54) is 0 Å². The Bertz CT molecular complexity index is 1060. The molecule has 0 aliphatic carbocycles. The predicted octanol–water partition coefficient (Wildman–Crippen LogP) is 3.33. The van der Waals surface area contributed by atoms with Crippen LogP contribution in [0.3, 0.4) is 0 Å². The molecule has 32 heavy (non-hydrogen) atoms. The van der Waals surface area contributed by atoms with Crippen LogP contribution in [-0.2, 0) is 6.54 Å². The van der Waals surface area contributed by atoms with Crippen molar-refractivity contribution in [3.63, 3.8) is 0 Å². The molecule has 3 aromatic heterocycles. The van der Waals surface area contributed by atoms with Crippen LogP contribution in [0.4, 0.5) is 0 Å². The maximum atomic E-state index is 13.0. The maximum absolute atomic E-state index is 13.0. The van der Waals surface area contributed by atoms with E-state index >= 15 is 0 Å². The lowest BCUT2D eigenvalue weighted by Gasteiger charge is -2.39. The predicted molar refractivity (Wildman–Crippen MR) is 116 cm³/mol. The number of likely N-dealkylation sites (tertiary alicyclic amines) is 2. The Morgan fingerprint density at radius 3 is 2.78 bits per heavy atom. The Morgan fingerprint density at radius 1 is 1.28 bits per heavy atom. The van der Waals surface area contributed by atoms with E-state index in [1.54, 1.807) is 18.6 Å². The van der Waals surface area contributed by atoms with E-state index in [-0.39, 0.29) is 23.3 Å². The molecule has 9 heteroatoms. The number of carbonyl (C=O) groups excluding carboxylic acids is 1. The number of piperidine rings is 1. The Kier molecular flexibility index (Phi) is 5.36. The van der Waals surface area contributed by atoms with Crippen LogP contribution in [0.1, 0.15) is 73.1 Å². The minimum Gasteiger partial charge on any atom is -0.454 e. The molecule has 5 heterocycles. The van der Waals surface area contributed by atoms with Crippen LogP contribution >= 0.6 is 0 Å². The number of imidazole rings is 1. The number of rotatable bonds is 5. The van der Waals surface area contributed by atoms with Crippen LogP contribution in [0.15, 0.2) is 39.8 Å². The molecule has 9 nitrogen and oxygen atoms in total. The van der Waals surface area contributed by atoms with Crippen LogP contribution in [0.25, 0.3) is 0 Å². The smallest absolute Gasteiger partial charge is 0.289 e. The molecule has 3 aromatic rings. The van der Waals surface area contributed by atoms with Crippen LogP contribution in [0, 0.1) is 5.41 Å². The number of hydrogen-bond acceptors (Lipinski definition) is 7. The van der Waals surface area contributed by atoms with E-state index in [2.05, 4.69) is 40.9 Å². The zero-order valence-corrected chi connectivity index (χ0v) is 18.9. The van der Waals surface area contributed by atoms with Gasteiger partial charge in [-0.1, -0.05) is 19.0 Å². The Balaban J connectivity index is 1.20. The molecule has 0 saturated carbocycles. The van der Waals surface area contributed by atoms with Crippen LogP contribution in [0.2, 0.25) is 0 Å². The molecular weight excluding hydrogens is 408 g/mol. The second kappa shape index (κ2) is 8.20. The van der Waals surface area contributed by atoms with Gasteiger partial charge in [-0.25, -0.2) is 4.98 Å². The topological polar surface area (TPSA) is 93.4 Å². The normalized spacial score (nSPS) is 21.1. The summed E-state index contributed by atoms with van der Waals surface area (Å²) in [5, 5.41) is 4.25. The summed E-state index contributed by atoms with van der Waals surface area (Å²) in [6.07, 6.45) is 8.27. The molecule has 5 rings (SSSR count). The highest BCUT2D eigenvalue weighted by molar-refractivity contribution is 5.91. The molecule has 0 radical (unpaired) electrons. The second-order valence-electron chi connectivity index (χ2n) is 9.57. The third-order valence-corrected chi connectivity index (χ3v) is 6.87. The monoisotopic (exact) mass is 438 g/mol. The summed E-state index contributed by atoms with van der Waals surface area (Å²) >= 11 is 0. The molecule has 0 bridgehead atoms. The summed E-state index contributed by atoms with van der Waals surface area (Å²) in [7, 11) is 2.13. The molecule has 0 aromatic carbocycles. The standard InChI is InChI=1S/C23H30N6O3/c1-16(2)21-25-20(26-32-21)18-12-23(14-27(18)3)6-9-29(10-7-23)22(30)19-5-4-17(31-19)13-28-11-8-24-15-28/h4-5,8,11,15-16,18H,6-7,9-10,12-14H2,1-3H3. The summed E-state index contributed by atoms with van der Waals surface area (Å²) in [5.41, 5.74) is 0.185. The Labute approximate surface area is 187 Å². The van der Waals surface area contributed by atoms with Gasteiger partial charge in [-0.05, 0) is 43.9 Å². The number of amides is 1. The van der Waals surface area contributed by atoms with Crippen molar-refractivity contribution < 1.29 is 13.7 Å². The van der Waals surface area contributed by atoms with E-state index in [1.807, 2.05) is 21.7 Å². The summed E-state index contributed by atoms with van der Waals surface area (Å²) in [6, 6.07) is 3.82. The fraction of sp³-hybridized carbons (Fsp3) is 0.565. The van der Waals surface area contributed by atoms with Gasteiger partial charge in [0.25, 0.3) is 5.91 Å². The van der Waals surface area contributed by atoms with Crippen molar-refractivity contribution in [3.8, 4) is 0 Å². The Morgan fingerprint density at radius 2 is 2.09 bits per heavy atom. The highest BCUT2D eigenvalue weighted by atomic mass is 16.5. The lowest BCUT2D eigenvalue weighted by molar-refractivity contribution is 0.0561. The quantitative estimate of drug-likeness (QED) is 0.603. The van der Waals surface area contributed by atoms with Crippen molar-refractivity contribution in [2.24, 2.45) is 5.41 Å². The molecule has 1 unspecified atom stereocenters. The van der Waals surface area contributed by atoms with E-state index < -0.39 is 0 Å². The lowest BCUT2D eigenvalue weighted by Crippen LogP contribution is -2.44. The number of hydrogen-bond donors (Lipinski definition) is 0. The number of aromatic nitrogens is 4. The summed E-state index contributed by atoms with van der Waals surface area (Å²) in [5.74, 6) is 2.84. The number of nitrogens with zero attached hydrogens (tertiary/aromatic N) is 6. The molecule has 2 saturated heterocycles. The van der Waals surface area contributed by atoms with Gasteiger partial charge in [-0.2, -0.15) is 4.98 Å². The van der Waals surface area contributed by atoms with E-state index in [0.717, 1.165) is 50.5 Å². The van der Waals surface area contributed by atoms with Gasteiger partial charge in [-0.3, -0.25) is 9.69 Å². The molecule has 170 valence electrons. The van der Waals surface area contributed by atoms with E-state index in [4.69, 9.17) is 8.94 Å². The van der Waals surface area contributed by atoms with Crippen LogP contribution in [0.5, 0.6) is 0 Å². The van der Waals surface area contributed by atoms with Gasteiger partial charge in [0.05, 0.1) is 18.9 Å². The molecule has 2 aliphatic rings. The molecule has 0 N–H and O–H groups in total. The highest BCUT2D eigenvalue weighted by Crippen LogP contribution is 2.47. The fourth-order valence-corrected chi connectivity index (χ4v) is 5.02. The lowest BCUT2D eigenvalue weighted by atomic mass is 9.76. The van der Waals surface area contributed by atoms with Crippen molar-refractivity contribution in [1.29, 1.82) is 0 Å². The zero-order valence-electron chi connectivity index (χ0n) is 18.9. The molecule has 1 atom stereocenters. The zero-order chi connectivity index (χ0) is 22.3. The van der Waals surface area contributed by atoms with Crippen molar-refractivity contribution >= 4 is 5.91 Å². The van der Waals surface area contributed by atoms with E-state index in [9.17, 15) is 4.79 Å². The Hall–Kier alpha value is -2.94. The van der Waals surface area contributed by atoms with Crippen molar-refractivity contribution in [3.05, 3.63) is 54.1 Å². The fourth-order valence-electron chi connectivity index (χ4n) is 5.02. The molecule has 2 fully saturated rings. The van der Waals surface area contributed by atoms with Gasteiger partial charge in [0.15, 0.2) is 11.6 Å². The second-order valence-corrected chi connectivity index (χ2v) is 9.57. The highest BCUT2D eigenvalue weighted by Gasteiger charge is 2.46. The third kappa shape index (κ3) is 3.97. The SMILES string of the molecule is CC(C)c1nc(C2CC3(CCN(C(=O)c4ccc(Cn5ccnc5)o4)CC3)CN2C)no1. The average molecular weight is 439 g/mol. The first-order valence-electron chi connectivity index (χ1n) is 11.3. The summed E-state index contributed by atoms with van der Waals surface area (Å²) in [6.45, 7) is 7.15. The van der Waals surface area contributed by atoms with Gasteiger partial charge in [-0.15, -0.1) is 0 Å². The maximum Gasteiger partial charge on any atom is 0.289 e. The third-order valence-electron chi connectivity index (χ3n) is 6.87. The van der Waals surface area contributed by atoms with Gasteiger partial charge in [0.1, 0.15) is 5.76 Å². The molecule has 2 aliphatic heterocycles. The van der Waals surface area contributed by atoms with Gasteiger partial charge in [0, 0.05) is 37.9 Å². The summed E-state index contributed by atoms with van der Waals surface area (Å²) in [4.78, 5) is 25.9. The van der Waals surface area contributed by atoms with Gasteiger partial charge < -0.3 is 18.4 Å². The van der Waals surface area contributed by atoms with Crippen molar-refractivity contribution in [2.75, 3.05) is 26.7 Å². The van der Waals surface area contributed by atoms with Gasteiger partial charge in [0.2, 0.25) is 5.89 Å². The summed E-state index contributed by atoms with van der Waals surface area (Å²) < 4.78 is 13.2. The first kappa shape index (κ1) is 20.9. The van der Waals surface area contributed by atoms with Crippen LogP contribution in [-0.4, -0.2) is 62.1 Å².